The van der Waals surface area contributed by atoms with Crippen LogP contribution < -0.4 is 0 Å². The number of carbonyl (C=O) groups is 2. The maximum Gasteiger partial charge on any atom is 0.310 e. The van der Waals surface area contributed by atoms with E-state index in [1.54, 1.807) is 11.0 Å². The third-order valence-electron chi connectivity index (χ3n) is 4.96. The van der Waals surface area contributed by atoms with Crippen LogP contribution in [0.15, 0.2) is 36.4 Å². The van der Waals surface area contributed by atoms with Gasteiger partial charge in [0.2, 0.25) is 5.91 Å². The average molecular weight is 299 g/mol. The van der Waals surface area contributed by atoms with Crippen LogP contribution >= 0.6 is 0 Å². The molecule has 22 heavy (non-hydrogen) atoms. The lowest BCUT2D eigenvalue weighted by atomic mass is 9.77. The van der Waals surface area contributed by atoms with Gasteiger partial charge in [0.1, 0.15) is 11.5 Å². The van der Waals surface area contributed by atoms with Gasteiger partial charge in [-0.2, -0.15) is 0 Å². The highest BCUT2D eigenvalue weighted by atomic mass is 16.5. The van der Waals surface area contributed by atoms with Crippen molar-refractivity contribution in [1.29, 1.82) is 0 Å². The third-order valence-corrected chi connectivity index (χ3v) is 4.96. The number of aliphatic carboxylic acids is 1. The molecule has 0 unspecified atom stereocenters. The first-order chi connectivity index (χ1) is 10.5. The Morgan fingerprint density at radius 1 is 1.41 bits per heavy atom. The molecule has 0 aliphatic carbocycles. The van der Waals surface area contributed by atoms with Gasteiger partial charge in [0.05, 0.1) is 18.6 Å². The number of likely N-dealkylation sites (tertiary alicyclic amines) is 1. The lowest BCUT2D eigenvalue weighted by Gasteiger charge is -2.21. The van der Waals surface area contributed by atoms with Gasteiger partial charge in [0, 0.05) is 6.54 Å². The first kappa shape index (κ1) is 13.5. The van der Waals surface area contributed by atoms with E-state index < -0.39 is 29.5 Å². The number of carboxylic acid groups (broad SMARTS) is 1. The molecule has 1 amide bonds. The summed E-state index contributed by atoms with van der Waals surface area (Å²) in [6, 6.07) is 8.02. The highest BCUT2D eigenvalue weighted by molar-refractivity contribution is 5.90. The molecule has 1 N–H and O–H groups in total. The molecule has 0 radical (unpaired) electrons. The van der Waals surface area contributed by atoms with Gasteiger partial charge in [-0.05, 0) is 12.5 Å². The van der Waals surface area contributed by atoms with Gasteiger partial charge in [-0.1, -0.05) is 42.0 Å². The molecule has 5 nitrogen and oxygen atoms in total. The van der Waals surface area contributed by atoms with Crippen molar-refractivity contribution in [3.63, 3.8) is 0 Å². The van der Waals surface area contributed by atoms with Gasteiger partial charge >= 0.3 is 5.97 Å². The van der Waals surface area contributed by atoms with E-state index in [1.807, 2.05) is 37.3 Å². The molecule has 4 atom stereocenters. The largest absolute Gasteiger partial charge is 0.481 e. The zero-order chi connectivity index (χ0) is 15.5. The highest BCUT2D eigenvalue weighted by Crippen LogP contribution is 2.52. The molecule has 5 heteroatoms. The second-order valence-corrected chi connectivity index (χ2v) is 6.42. The lowest BCUT2D eigenvalue weighted by Crippen LogP contribution is -2.39. The summed E-state index contributed by atoms with van der Waals surface area (Å²) in [7, 11) is 0. The number of rotatable bonds is 3. The molecular weight excluding hydrogens is 282 g/mol. The van der Waals surface area contributed by atoms with Crippen molar-refractivity contribution in [2.45, 2.75) is 25.2 Å². The third kappa shape index (κ3) is 1.75. The second kappa shape index (κ2) is 4.43. The summed E-state index contributed by atoms with van der Waals surface area (Å²) in [4.78, 5) is 25.9. The van der Waals surface area contributed by atoms with Gasteiger partial charge in [0.25, 0.3) is 0 Å². The van der Waals surface area contributed by atoms with Gasteiger partial charge in [-0.3, -0.25) is 9.59 Å². The first-order valence-electron chi connectivity index (χ1n) is 7.44. The number of amides is 1. The molecule has 3 aliphatic heterocycles. The van der Waals surface area contributed by atoms with Crippen LogP contribution in [0.2, 0.25) is 0 Å². The highest BCUT2D eigenvalue weighted by Gasteiger charge is 2.66. The van der Waals surface area contributed by atoms with E-state index in [2.05, 4.69) is 0 Å². The standard InChI is InChI=1S/C17H17NO4/c1-10-2-4-11(5-3-10)8-18-9-17-7-6-12(22-17)13(16(20)21)14(17)15(18)19/h2-7,12-14H,8-9H2,1H3,(H,20,21)/t12-,13+,14-,17+/m1/s1. The van der Waals surface area contributed by atoms with Crippen LogP contribution in [0.3, 0.4) is 0 Å². The Kier molecular flexibility index (Phi) is 2.72. The summed E-state index contributed by atoms with van der Waals surface area (Å²) in [6.07, 6.45) is 3.21. The summed E-state index contributed by atoms with van der Waals surface area (Å²) in [5.41, 5.74) is 1.47. The molecule has 2 bridgehead atoms. The van der Waals surface area contributed by atoms with E-state index in [4.69, 9.17) is 4.74 Å². The Bertz CT molecular complexity index is 680. The smallest absolute Gasteiger partial charge is 0.310 e. The van der Waals surface area contributed by atoms with Crippen LogP contribution in [-0.2, 0) is 20.9 Å². The molecule has 1 aromatic rings. The van der Waals surface area contributed by atoms with Crippen molar-refractivity contribution in [3.05, 3.63) is 47.5 Å². The number of carbonyl (C=O) groups excluding carboxylic acids is 1. The van der Waals surface area contributed by atoms with Crippen molar-refractivity contribution >= 4 is 11.9 Å². The zero-order valence-corrected chi connectivity index (χ0v) is 12.2. The van der Waals surface area contributed by atoms with E-state index in [-0.39, 0.29) is 5.91 Å². The number of hydrogen-bond acceptors (Lipinski definition) is 3. The van der Waals surface area contributed by atoms with E-state index in [9.17, 15) is 14.7 Å². The number of aryl methyl sites for hydroxylation is 1. The van der Waals surface area contributed by atoms with Crippen LogP contribution in [0.25, 0.3) is 0 Å². The van der Waals surface area contributed by atoms with Crippen molar-refractivity contribution in [2.24, 2.45) is 11.8 Å². The van der Waals surface area contributed by atoms with E-state index in [0.29, 0.717) is 13.1 Å². The molecule has 2 fully saturated rings. The van der Waals surface area contributed by atoms with Crippen LogP contribution in [0.5, 0.6) is 0 Å². The molecule has 3 aliphatic rings. The number of benzene rings is 1. The van der Waals surface area contributed by atoms with E-state index >= 15 is 0 Å². The normalized spacial score (nSPS) is 35.2. The van der Waals surface area contributed by atoms with E-state index in [0.717, 1.165) is 5.56 Å². The number of carboxylic acids is 1. The Morgan fingerprint density at radius 3 is 2.82 bits per heavy atom. The van der Waals surface area contributed by atoms with Crippen molar-refractivity contribution < 1.29 is 19.4 Å². The minimum Gasteiger partial charge on any atom is -0.481 e. The molecule has 0 aromatic heterocycles. The minimum atomic E-state index is -0.952. The first-order valence-corrected chi connectivity index (χ1v) is 7.44. The molecule has 4 rings (SSSR count). The molecule has 3 heterocycles. The van der Waals surface area contributed by atoms with Gasteiger partial charge in [0.15, 0.2) is 0 Å². The SMILES string of the molecule is Cc1ccc(CN2C[C@]34C=C[C@@H](O3)[C@H](C(=O)O)[C@@H]4C2=O)cc1. The monoisotopic (exact) mass is 299 g/mol. The fourth-order valence-electron chi connectivity index (χ4n) is 3.91. The summed E-state index contributed by atoms with van der Waals surface area (Å²) in [5, 5.41) is 9.42. The topological polar surface area (TPSA) is 66.8 Å². The average Bonchev–Trinajstić information content (AvgIpc) is 3.10. The summed E-state index contributed by atoms with van der Waals surface area (Å²) < 4.78 is 5.86. The minimum absolute atomic E-state index is 0.111. The number of fused-ring (bicyclic) bond motifs is 1. The van der Waals surface area contributed by atoms with Crippen LogP contribution in [0.4, 0.5) is 0 Å². The maximum absolute atomic E-state index is 12.7. The zero-order valence-electron chi connectivity index (χ0n) is 12.2. The van der Waals surface area contributed by atoms with Crippen molar-refractivity contribution in [3.8, 4) is 0 Å². The van der Waals surface area contributed by atoms with Gasteiger partial charge in [-0.25, -0.2) is 0 Å². The second-order valence-electron chi connectivity index (χ2n) is 6.42. The van der Waals surface area contributed by atoms with Gasteiger partial charge in [-0.15, -0.1) is 0 Å². The molecular formula is C17H17NO4. The fourth-order valence-corrected chi connectivity index (χ4v) is 3.91. The Hall–Kier alpha value is -2.14. The summed E-state index contributed by atoms with van der Waals surface area (Å²) >= 11 is 0. The quantitative estimate of drug-likeness (QED) is 0.856. The Labute approximate surface area is 128 Å². The number of hydrogen-bond donors (Lipinski definition) is 1. The predicted octanol–water partition coefficient (Wildman–Crippen LogP) is 1.36. The number of ether oxygens (including phenoxy) is 1. The maximum atomic E-state index is 12.7. The molecule has 0 saturated carbocycles. The molecule has 2 saturated heterocycles. The van der Waals surface area contributed by atoms with E-state index in [1.165, 1.54) is 5.56 Å². The lowest BCUT2D eigenvalue weighted by molar-refractivity contribution is -0.148. The molecule has 1 spiro atoms. The predicted molar refractivity (Wildman–Crippen MR) is 78.0 cm³/mol. The van der Waals surface area contributed by atoms with Gasteiger partial charge < -0.3 is 14.7 Å². The summed E-state index contributed by atoms with van der Waals surface area (Å²) in [6.45, 7) is 2.94. The van der Waals surface area contributed by atoms with Crippen LogP contribution in [0.1, 0.15) is 11.1 Å². The van der Waals surface area contributed by atoms with Crippen LogP contribution in [0, 0.1) is 18.8 Å². The van der Waals surface area contributed by atoms with Crippen molar-refractivity contribution in [2.75, 3.05) is 6.54 Å². The Balaban J connectivity index is 1.61. The molecule has 1 aromatic carbocycles. The molecule has 114 valence electrons. The van der Waals surface area contributed by atoms with Crippen molar-refractivity contribution in [1.82, 2.24) is 4.90 Å². The fraction of sp³-hybridized carbons (Fsp3) is 0.412. The Morgan fingerprint density at radius 2 is 2.14 bits per heavy atom. The van der Waals surface area contributed by atoms with Crippen LogP contribution in [-0.4, -0.2) is 40.1 Å². The summed E-state index contributed by atoms with van der Waals surface area (Å²) in [5.74, 6) is -2.42. The number of nitrogens with zero attached hydrogens (tertiary/aromatic N) is 1.